The van der Waals surface area contributed by atoms with Gasteiger partial charge in [-0.2, -0.15) is 0 Å². The van der Waals surface area contributed by atoms with Crippen LogP contribution in [0.15, 0.2) is 46.9 Å². The second-order valence-corrected chi connectivity index (χ2v) is 5.32. The molecule has 1 nitrogen and oxygen atoms in total. The van der Waals surface area contributed by atoms with Gasteiger partial charge in [-0.15, -0.1) is 0 Å². The lowest BCUT2D eigenvalue weighted by Gasteiger charge is -2.16. The molecule has 2 aromatic rings. The van der Waals surface area contributed by atoms with Gasteiger partial charge in [0.1, 0.15) is 5.82 Å². The van der Waals surface area contributed by atoms with E-state index in [1.807, 2.05) is 6.92 Å². The molecule has 94 valence electrons. The molecular formula is C15H15BrFN. The summed E-state index contributed by atoms with van der Waals surface area (Å²) in [4.78, 5) is 0. The molecule has 0 heterocycles. The van der Waals surface area contributed by atoms with Crippen molar-refractivity contribution in [1.82, 2.24) is 0 Å². The summed E-state index contributed by atoms with van der Waals surface area (Å²) in [7, 11) is 0. The smallest absolute Gasteiger partial charge is 0.146 e. The first-order chi connectivity index (χ1) is 8.56. The van der Waals surface area contributed by atoms with E-state index in [0.717, 1.165) is 10.0 Å². The molecule has 1 unspecified atom stereocenters. The molecule has 0 saturated heterocycles. The van der Waals surface area contributed by atoms with E-state index in [9.17, 15) is 4.39 Å². The molecule has 0 aliphatic heterocycles. The summed E-state index contributed by atoms with van der Waals surface area (Å²) < 4.78 is 14.5. The molecular weight excluding hydrogens is 293 g/mol. The summed E-state index contributed by atoms with van der Waals surface area (Å²) in [6, 6.07) is 13.2. The Kier molecular flexibility index (Phi) is 4.02. The lowest BCUT2D eigenvalue weighted by molar-refractivity contribution is 0.627. The van der Waals surface area contributed by atoms with Crippen LogP contribution in [0.3, 0.4) is 0 Å². The zero-order chi connectivity index (χ0) is 13.1. The maximum absolute atomic E-state index is 13.6. The zero-order valence-corrected chi connectivity index (χ0v) is 12.0. The van der Waals surface area contributed by atoms with Crippen molar-refractivity contribution < 1.29 is 4.39 Å². The van der Waals surface area contributed by atoms with Crippen LogP contribution in [-0.4, -0.2) is 0 Å². The van der Waals surface area contributed by atoms with Gasteiger partial charge in [-0.1, -0.05) is 45.8 Å². The van der Waals surface area contributed by atoms with Gasteiger partial charge >= 0.3 is 0 Å². The Bertz CT molecular complexity index is 537. The van der Waals surface area contributed by atoms with Crippen LogP contribution in [0.2, 0.25) is 0 Å². The quantitative estimate of drug-likeness (QED) is 0.834. The van der Waals surface area contributed by atoms with Gasteiger partial charge in [0.25, 0.3) is 0 Å². The number of benzene rings is 2. The molecule has 0 radical (unpaired) electrons. The molecule has 0 spiro atoms. The van der Waals surface area contributed by atoms with Crippen molar-refractivity contribution >= 4 is 21.6 Å². The number of aryl methyl sites for hydroxylation is 1. The summed E-state index contributed by atoms with van der Waals surface area (Å²) >= 11 is 3.35. The van der Waals surface area contributed by atoms with Crippen LogP contribution in [0.25, 0.3) is 0 Å². The Morgan fingerprint density at radius 2 is 1.78 bits per heavy atom. The molecule has 18 heavy (non-hydrogen) atoms. The molecule has 0 aliphatic rings. The maximum Gasteiger partial charge on any atom is 0.146 e. The lowest BCUT2D eigenvalue weighted by Crippen LogP contribution is -2.07. The van der Waals surface area contributed by atoms with Gasteiger partial charge in [0.15, 0.2) is 0 Å². The third-order valence-electron chi connectivity index (χ3n) is 2.88. The second kappa shape index (κ2) is 5.53. The molecule has 3 heteroatoms. The third-order valence-corrected chi connectivity index (χ3v) is 3.37. The number of hydrogen-bond donors (Lipinski definition) is 1. The van der Waals surface area contributed by atoms with Crippen molar-refractivity contribution in [3.8, 4) is 0 Å². The van der Waals surface area contributed by atoms with E-state index < -0.39 is 0 Å². The second-order valence-electron chi connectivity index (χ2n) is 4.40. The van der Waals surface area contributed by atoms with E-state index in [4.69, 9.17) is 0 Å². The fourth-order valence-electron chi connectivity index (χ4n) is 1.78. The van der Waals surface area contributed by atoms with Gasteiger partial charge in [0.05, 0.1) is 5.69 Å². The number of rotatable bonds is 3. The van der Waals surface area contributed by atoms with Crippen molar-refractivity contribution in [2.75, 3.05) is 5.32 Å². The first kappa shape index (κ1) is 13.1. The molecule has 0 aliphatic carbocycles. The minimum atomic E-state index is -0.239. The Morgan fingerprint density at radius 1 is 1.11 bits per heavy atom. The Hall–Kier alpha value is -1.35. The average molecular weight is 308 g/mol. The third kappa shape index (κ3) is 3.10. The van der Waals surface area contributed by atoms with Gasteiger partial charge < -0.3 is 5.32 Å². The number of hydrogen-bond acceptors (Lipinski definition) is 1. The van der Waals surface area contributed by atoms with Crippen LogP contribution < -0.4 is 5.32 Å². The van der Waals surface area contributed by atoms with Crippen molar-refractivity contribution in [1.29, 1.82) is 0 Å². The van der Waals surface area contributed by atoms with Crippen molar-refractivity contribution in [2.45, 2.75) is 19.9 Å². The van der Waals surface area contributed by atoms with E-state index in [-0.39, 0.29) is 11.9 Å². The Balaban J connectivity index is 2.18. The molecule has 0 saturated carbocycles. The summed E-state index contributed by atoms with van der Waals surface area (Å²) in [5.74, 6) is -0.239. The topological polar surface area (TPSA) is 12.0 Å². The first-order valence-electron chi connectivity index (χ1n) is 5.84. The van der Waals surface area contributed by atoms with E-state index in [0.29, 0.717) is 5.69 Å². The number of anilines is 1. The van der Waals surface area contributed by atoms with Crippen LogP contribution in [-0.2, 0) is 0 Å². The van der Waals surface area contributed by atoms with Crippen LogP contribution in [0.4, 0.5) is 10.1 Å². The number of halogens is 2. The first-order valence-corrected chi connectivity index (χ1v) is 6.64. The van der Waals surface area contributed by atoms with Crippen LogP contribution in [0.5, 0.6) is 0 Å². The molecule has 0 fully saturated rings. The Labute approximate surface area is 115 Å². The number of nitrogens with one attached hydrogen (secondary N) is 1. The summed E-state index contributed by atoms with van der Waals surface area (Å²) in [5.41, 5.74) is 2.87. The van der Waals surface area contributed by atoms with E-state index in [1.54, 1.807) is 12.1 Å². The minimum absolute atomic E-state index is 0.0643. The minimum Gasteiger partial charge on any atom is -0.376 e. The summed E-state index contributed by atoms with van der Waals surface area (Å²) in [6.45, 7) is 4.07. The fraction of sp³-hybridized carbons (Fsp3) is 0.200. The zero-order valence-electron chi connectivity index (χ0n) is 10.4. The average Bonchev–Trinajstić information content (AvgIpc) is 2.34. The van der Waals surface area contributed by atoms with E-state index in [2.05, 4.69) is 52.4 Å². The molecule has 1 atom stereocenters. The molecule has 2 aromatic carbocycles. The highest BCUT2D eigenvalue weighted by Gasteiger charge is 2.08. The van der Waals surface area contributed by atoms with Crippen LogP contribution >= 0.6 is 15.9 Å². The van der Waals surface area contributed by atoms with Crippen molar-refractivity contribution in [2.24, 2.45) is 0 Å². The fourth-order valence-corrected chi connectivity index (χ4v) is 2.14. The van der Waals surface area contributed by atoms with Crippen molar-refractivity contribution in [3.63, 3.8) is 0 Å². The van der Waals surface area contributed by atoms with Gasteiger partial charge in [0, 0.05) is 10.5 Å². The lowest BCUT2D eigenvalue weighted by atomic mass is 10.1. The highest BCUT2D eigenvalue weighted by Crippen LogP contribution is 2.24. The predicted octanol–water partition coefficient (Wildman–Crippen LogP) is 5.07. The molecule has 1 N–H and O–H groups in total. The normalized spacial score (nSPS) is 12.2. The standard InChI is InChI=1S/C15H15BrFN/c1-10-3-5-12(6-4-10)11(2)18-15-9-13(16)7-8-14(15)17/h3-9,11,18H,1-2H3. The van der Waals surface area contributed by atoms with E-state index >= 15 is 0 Å². The predicted molar refractivity (Wildman–Crippen MR) is 77.3 cm³/mol. The van der Waals surface area contributed by atoms with Gasteiger partial charge in [-0.25, -0.2) is 4.39 Å². The molecule has 0 aromatic heterocycles. The SMILES string of the molecule is Cc1ccc(C(C)Nc2cc(Br)ccc2F)cc1. The van der Waals surface area contributed by atoms with Crippen LogP contribution in [0.1, 0.15) is 24.1 Å². The highest BCUT2D eigenvalue weighted by molar-refractivity contribution is 9.10. The van der Waals surface area contributed by atoms with Gasteiger partial charge in [0.2, 0.25) is 0 Å². The highest BCUT2D eigenvalue weighted by atomic mass is 79.9. The summed E-state index contributed by atoms with van der Waals surface area (Å²) in [6.07, 6.45) is 0. The maximum atomic E-state index is 13.6. The van der Waals surface area contributed by atoms with Crippen LogP contribution in [0, 0.1) is 12.7 Å². The molecule has 2 rings (SSSR count). The van der Waals surface area contributed by atoms with E-state index in [1.165, 1.54) is 11.6 Å². The summed E-state index contributed by atoms with van der Waals surface area (Å²) in [5, 5.41) is 3.18. The van der Waals surface area contributed by atoms with Crippen molar-refractivity contribution in [3.05, 3.63) is 63.9 Å². The van der Waals surface area contributed by atoms with Gasteiger partial charge in [-0.3, -0.25) is 0 Å². The van der Waals surface area contributed by atoms with Gasteiger partial charge in [-0.05, 0) is 37.6 Å². The largest absolute Gasteiger partial charge is 0.376 e. The molecule has 0 amide bonds. The molecule has 0 bridgehead atoms. The monoisotopic (exact) mass is 307 g/mol. The Morgan fingerprint density at radius 3 is 2.44 bits per heavy atom.